The third-order valence-electron chi connectivity index (χ3n) is 4.20. The van der Waals surface area contributed by atoms with Crippen molar-refractivity contribution in [3.63, 3.8) is 0 Å². The SMILES string of the molecule is O=C(Cn1cnc2scc(-c3ccc(Br)cc3)c2c1=O)c1ccc(Cl)cc1. The molecule has 0 aliphatic rings. The summed E-state index contributed by atoms with van der Waals surface area (Å²) in [5, 5.41) is 3.02. The van der Waals surface area contributed by atoms with E-state index in [9.17, 15) is 9.59 Å². The Bertz CT molecular complexity index is 1200. The van der Waals surface area contributed by atoms with Crippen molar-refractivity contribution in [1.82, 2.24) is 9.55 Å². The maximum Gasteiger partial charge on any atom is 0.263 e. The molecule has 0 atom stereocenters. The maximum absolute atomic E-state index is 13.0. The summed E-state index contributed by atoms with van der Waals surface area (Å²) >= 11 is 10.7. The Balaban J connectivity index is 1.74. The molecule has 0 amide bonds. The van der Waals surface area contributed by atoms with E-state index >= 15 is 0 Å². The standard InChI is InChI=1S/C20H12BrClN2O2S/c21-14-5-1-12(2-6-14)16-10-27-19-18(16)20(26)24(11-23-19)9-17(25)13-3-7-15(22)8-4-13/h1-8,10-11H,9H2. The van der Waals surface area contributed by atoms with Crippen LogP contribution in [0.4, 0.5) is 0 Å². The summed E-state index contributed by atoms with van der Waals surface area (Å²) in [6.45, 7) is -0.0704. The summed E-state index contributed by atoms with van der Waals surface area (Å²) < 4.78 is 2.32. The summed E-state index contributed by atoms with van der Waals surface area (Å²) in [6.07, 6.45) is 1.43. The zero-order valence-electron chi connectivity index (χ0n) is 13.9. The number of rotatable bonds is 4. The Morgan fingerprint density at radius 1 is 1.11 bits per heavy atom. The lowest BCUT2D eigenvalue weighted by molar-refractivity contribution is 0.0970. The molecule has 2 aromatic carbocycles. The van der Waals surface area contributed by atoms with Gasteiger partial charge in [-0.2, -0.15) is 0 Å². The molecule has 4 aromatic rings. The summed E-state index contributed by atoms with van der Waals surface area (Å²) in [5.74, 6) is -0.171. The summed E-state index contributed by atoms with van der Waals surface area (Å²) in [7, 11) is 0. The highest BCUT2D eigenvalue weighted by Gasteiger charge is 2.15. The summed E-state index contributed by atoms with van der Waals surface area (Å²) in [4.78, 5) is 30.6. The van der Waals surface area contributed by atoms with Crippen LogP contribution < -0.4 is 5.56 Å². The highest BCUT2D eigenvalue weighted by Crippen LogP contribution is 2.31. The number of aromatic nitrogens is 2. The van der Waals surface area contributed by atoms with Crippen molar-refractivity contribution < 1.29 is 4.79 Å². The van der Waals surface area contributed by atoms with Gasteiger partial charge in [-0.15, -0.1) is 11.3 Å². The minimum atomic E-state index is -0.221. The molecular weight excluding hydrogens is 448 g/mol. The van der Waals surface area contributed by atoms with Crippen LogP contribution in [0.3, 0.4) is 0 Å². The molecule has 0 bridgehead atoms. The van der Waals surface area contributed by atoms with Gasteiger partial charge in [-0.25, -0.2) is 4.98 Å². The Labute approximate surface area is 172 Å². The van der Waals surface area contributed by atoms with E-state index in [1.54, 1.807) is 24.3 Å². The van der Waals surface area contributed by atoms with Gasteiger partial charge in [-0.3, -0.25) is 14.2 Å². The predicted octanol–water partition coefficient (Wildman–Crippen LogP) is 5.42. The third-order valence-corrected chi connectivity index (χ3v) is 5.86. The number of nitrogens with zero attached hydrogens (tertiary/aromatic N) is 2. The van der Waals surface area contributed by atoms with E-state index in [1.165, 1.54) is 22.2 Å². The number of benzene rings is 2. The number of hydrogen-bond donors (Lipinski definition) is 0. The minimum Gasteiger partial charge on any atom is -0.292 e. The normalized spacial score (nSPS) is 11.0. The molecule has 0 spiro atoms. The van der Waals surface area contributed by atoms with Gasteiger partial charge in [0, 0.05) is 26.0 Å². The first-order valence-electron chi connectivity index (χ1n) is 8.04. The number of thiophene rings is 1. The van der Waals surface area contributed by atoms with Crippen molar-refractivity contribution in [1.29, 1.82) is 0 Å². The van der Waals surface area contributed by atoms with Crippen LogP contribution in [0.2, 0.25) is 5.02 Å². The van der Waals surface area contributed by atoms with Gasteiger partial charge >= 0.3 is 0 Å². The van der Waals surface area contributed by atoms with Crippen LogP contribution in [-0.2, 0) is 6.54 Å². The van der Waals surface area contributed by atoms with Crippen LogP contribution in [0.1, 0.15) is 10.4 Å². The van der Waals surface area contributed by atoms with E-state index in [4.69, 9.17) is 11.6 Å². The Morgan fingerprint density at radius 3 is 2.52 bits per heavy atom. The van der Waals surface area contributed by atoms with Crippen molar-refractivity contribution in [3.8, 4) is 11.1 Å². The minimum absolute atomic E-state index is 0.0704. The monoisotopic (exact) mass is 458 g/mol. The Kier molecular flexibility index (Phi) is 4.95. The molecule has 0 aliphatic heterocycles. The number of carbonyl (C=O) groups is 1. The van der Waals surface area contributed by atoms with Gasteiger partial charge < -0.3 is 0 Å². The zero-order chi connectivity index (χ0) is 19.0. The van der Waals surface area contributed by atoms with Crippen LogP contribution >= 0.6 is 38.9 Å². The van der Waals surface area contributed by atoms with E-state index in [-0.39, 0.29) is 17.9 Å². The second-order valence-corrected chi connectivity index (χ2v) is 8.15. The van der Waals surface area contributed by atoms with Crippen LogP contribution in [0.5, 0.6) is 0 Å². The molecule has 0 N–H and O–H groups in total. The van der Waals surface area contributed by atoms with Crippen molar-refractivity contribution in [2.45, 2.75) is 6.54 Å². The highest BCUT2D eigenvalue weighted by atomic mass is 79.9. The van der Waals surface area contributed by atoms with Gasteiger partial charge in [-0.05, 0) is 42.0 Å². The molecule has 4 rings (SSSR count). The molecule has 0 saturated carbocycles. The van der Waals surface area contributed by atoms with Crippen LogP contribution in [0, 0.1) is 0 Å². The van der Waals surface area contributed by atoms with E-state index in [0.29, 0.717) is 20.8 Å². The van der Waals surface area contributed by atoms with Gasteiger partial charge in [0.2, 0.25) is 0 Å². The average Bonchev–Trinajstić information content (AvgIpc) is 3.10. The van der Waals surface area contributed by atoms with Crippen molar-refractivity contribution >= 4 is 54.9 Å². The van der Waals surface area contributed by atoms with Gasteiger partial charge in [-0.1, -0.05) is 39.7 Å². The smallest absolute Gasteiger partial charge is 0.263 e. The van der Waals surface area contributed by atoms with Gasteiger partial charge in [0.25, 0.3) is 5.56 Å². The lowest BCUT2D eigenvalue weighted by Crippen LogP contribution is -2.24. The first-order chi connectivity index (χ1) is 13.0. The third kappa shape index (κ3) is 3.60. The highest BCUT2D eigenvalue weighted by molar-refractivity contribution is 9.10. The van der Waals surface area contributed by atoms with Crippen LogP contribution in [0.25, 0.3) is 21.3 Å². The second kappa shape index (κ2) is 7.38. The molecule has 0 aliphatic carbocycles. The lowest BCUT2D eigenvalue weighted by Gasteiger charge is -2.06. The molecule has 2 heterocycles. The maximum atomic E-state index is 13.0. The molecule has 2 aromatic heterocycles. The summed E-state index contributed by atoms with van der Waals surface area (Å²) in [5.41, 5.74) is 2.05. The first-order valence-corrected chi connectivity index (χ1v) is 10.1. The molecule has 0 saturated heterocycles. The van der Waals surface area contributed by atoms with Crippen LogP contribution in [0.15, 0.2) is 69.5 Å². The molecule has 0 fully saturated rings. The Hall–Kier alpha value is -2.28. The largest absolute Gasteiger partial charge is 0.292 e. The van der Waals surface area contributed by atoms with E-state index in [1.807, 2.05) is 29.6 Å². The Morgan fingerprint density at radius 2 is 1.81 bits per heavy atom. The molecule has 27 heavy (non-hydrogen) atoms. The van der Waals surface area contributed by atoms with Crippen molar-refractivity contribution in [3.05, 3.63) is 85.7 Å². The average molecular weight is 460 g/mol. The van der Waals surface area contributed by atoms with Crippen LogP contribution in [-0.4, -0.2) is 15.3 Å². The van der Waals surface area contributed by atoms with E-state index in [2.05, 4.69) is 20.9 Å². The number of hydrogen-bond acceptors (Lipinski definition) is 4. The number of halogens is 2. The molecule has 0 radical (unpaired) electrons. The molecular formula is C20H12BrClN2O2S. The fraction of sp³-hybridized carbons (Fsp3) is 0.0500. The summed E-state index contributed by atoms with van der Waals surface area (Å²) in [6, 6.07) is 14.4. The number of carbonyl (C=O) groups excluding carboxylic acids is 1. The second-order valence-electron chi connectivity index (χ2n) is 5.94. The number of ketones is 1. The molecule has 4 nitrogen and oxygen atoms in total. The van der Waals surface area contributed by atoms with E-state index < -0.39 is 0 Å². The predicted molar refractivity (Wildman–Crippen MR) is 113 cm³/mol. The number of Topliss-reactive ketones (excluding diaryl/α,β-unsaturated/α-hetero) is 1. The first kappa shape index (κ1) is 18.1. The van der Waals surface area contributed by atoms with Gasteiger partial charge in [0.1, 0.15) is 4.83 Å². The van der Waals surface area contributed by atoms with Crippen molar-refractivity contribution in [2.75, 3.05) is 0 Å². The molecule has 134 valence electrons. The van der Waals surface area contributed by atoms with Gasteiger partial charge in [0.05, 0.1) is 18.3 Å². The van der Waals surface area contributed by atoms with Crippen molar-refractivity contribution in [2.24, 2.45) is 0 Å². The van der Waals surface area contributed by atoms with E-state index in [0.717, 1.165) is 15.6 Å². The molecule has 0 unspecified atom stereocenters. The fourth-order valence-corrected chi connectivity index (χ4v) is 4.10. The fourth-order valence-electron chi connectivity index (χ4n) is 2.80. The topological polar surface area (TPSA) is 52.0 Å². The zero-order valence-corrected chi connectivity index (χ0v) is 17.0. The molecule has 7 heteroatoms. The van der Waals surface area contributed by atoms with Gasteiger partial charge in [0.15, 0.2) is 5.78 Å². The lowest BCUT2D eigenvalue weighted by atomic mass is 10.1. The number of fused-ring (bicyclic) bond motifs is 1. The quantitative estimate of drug-likeness (QED) is 0.383.